The lowest BCUT2D eigenvalue weighted by Crippen LogP contribution is -2.32. The molecule has 0 bridgehead atoms. The Morgan fingerprint density at radius 2 is 2.62 bits per heavy atom. The number of rotatable bonds is 1. The highest BCUT2D eigenvalue weighted by atomic mass is 16.2. The minimum Gasteiger partial charge on any atom is -0.336 e. The second kappa shape index (κ2) is 3.18. The lowest BCUT2D eigenvalue weighted by Gasteiger charge is -2.13. The molecule has 3 N–H and O–H groups in total. The van der Waals surface area contributed by atoms with Gasteiger partial charge < -0.3 is 10.6 Å². The van der Waals surface area contributed by atoms with E-state index in [4.69, 9.17) is 5.73 Å². The Morgan fingerprint density at radius 1 is 1.77 bits per heavy atom. The molecule has 1 fully saturated rings. The van der Waals surface area contributed by atoms with Crippen LogP contribution in [0.2, 0.25) is 0 Å². The summed E-state index contributed by atoms with van der Waals surface area (Å²) < 4.78 is 0. The van der Waals surface area contributed by atoms with Gasteiger partial charge in [0.05, 0.1) is 0 Å². The first kappa shape index (κ1) is 8.25. The van der Waals surface area contributed by atoms with Crippen LogP contribution in [0.5, 0.6) is 0 Å². The summed E-state index contributed by atoms with van der Waals surface area (Å²) in [5, 5.41) is 6.38. The number of carbonyl (C=O) groups excluding carboxylic acids is 1. The summed E-state index contributed by atoms with van der Waals surface area (Å²) in [5.74, 6) is -0.00884. The summed E-state index contributed by atoms with van der Waals surface area (Å²) in [7, 11) is 0. The van der Waals surface area contributed by atoms with Crippen LogP contribution in [0.3, 0.4) is 0 Å². The Kier molecular flexibility index (Phi) is 2.02. The van der Waals surface area contributed by atoms with Crippen molar-refractivity contribution in [2.24, 2.45) is 5.73 Å². The average molecular weight is 180 g/mol. The molecule has 0 saturated carbocycles. The van der Waals surface area contributed by atoms with Gasteiger partial charge in [0.1, 0.15) is 5.69 Å². The van der Waals surface area contributed by atoms with Crippen LogP contribution < -0.4 is 5.73 Å². The number of nitrogens with one attached hydrogen (secondary N) is 1. The second-order valence-electron chi connectivity index (χ2n) is 3.27. The van der Waals surface area contributed by atoms with Crippen LogP contribution in [-0.2, 0) is 0 Å². The van der Waals surface area contributed by atoms with Crippen molar-refractivity contribution < 1.29 is 4.79 Å². The van der Waals surface area contributed by atoms with E-state index in [-0.39, 0.29) is 11.9 Å². The minimum absolute atomic E-state index is 0.00884. The molecule has 1 aromatic rings. The molecule has 0 unspecified atom stereocenters. The average Bonchev–Trinajstić information content (AvgIpc) is 2.72. The van der Waals surface area contributed by atoms with Crippen molar-refractivity contribution in [3.05, 3.63) is 18.0 Å². The first-order chi connectivity index (χ1) is 6.27. The molecular formula is C8H12N4O. The molecule has 1 aliphatic rings. The monoisotopic (exact) mass is 180 g/mol. The fourth-order valence-corrected chi connectivity index (χ4v) is 1.52. The molecule has 1 atom stereocenters. The third-order valence-corrected chi connectivity index (χ3v) is 2.24. The van der Waals surface area contributed by atoms with Crippen LogP contribution in [0.4, 0.5) is 0 Å². The van der Waals surface area contributed by atoms with E-state index >= 15 is 0 Å². The molecule has 2 rings (SSSR count). The topological polar surface area (TPSA) is 75.0 Å². The zero-order chi connectivity index (χ0) is 9.26. The van der Waals surface area contributed by atoms with Gasteiger partial charge in [0, 0.05) is 25.3 Å². The van der Waals surface area contributed by atoms with Crippen LogP contribution >= 0.6 is 0 Å². The highest BCUT2D eigenvalue weighted by molar-refractivity contribution is 5.92. The number of aromatic amines is 1. The van der Waals surface area contributed by atoms with E-state index in [0.29, 0.717) is 12.2 Å². The summed E-state index contributed by atoms with van der Waals surface area (Å²) >= 11 is 0. The van der Waals surface area contributed by atoms with Crippen molar-refractivity contribution in [2.75, 3.05) is 13.1 Å². The lowest BCUT2D eigenvalue weighted by atomic mass is 10.3. The number of hydrogen-bond acceptors (Lipinski definition) is 3. The van der Waals surface area contributed by atoms with Crippen LogP contribution in [0.15, 0.2) is 12.3 Å². The standard InChI is InChI=1S/C8H12N4O/c9-6-2-4-12(5-6)8(13)7-1-3-10-11-7/h1,3,6H,2,4-5,9H2,(H,10,11)/t6-/m1/s1. The van der Waals surface area contributed by atoms with Crippen molar-refractivity contribution in [1.29, 1.82) is 0 Å². The Labute approximate surface area is 75.9 Å². The van der Waals surface area contributed by atoms with Crippen LogP contribution in [-0.4, -0.2) is 40.1 Å². The van der Waals surface area contributed by atoms with Crippen molar-refractivity contribution in [1.82, 2.24) is 15.1 Å². The molecule has 5 heteroatoms. The minimum atomic E-state index is -0.00884. The van der Waals surface area contributed by atoms with E-state index in [1.54, 1.807) is 17.2 Å². The summed E-state index contributed by atoms with van der Waals surface area (Å²) in [4.78, 5) is 13.4. The molecule has 0 spiro atoms. The predicted octanol–water partition coefficient (Wildman–Crippen LogP) is -0.417. The van der Waals surface area contributed by atoms with Crippen LogP contribution in [0.1, 0.15) is 16.9 Å². The maximum absolute atomic E-state index is 11.7. The van der Waals surface area contributed by atoms with E-state index in [2.05, 4.69) is 10.2 Å². The smallest absolute Gasteiger partial charge is 0.271 e. The van der Waals surface area contributed by atoms with Gasteiger partial charge in [-0.1, -0.05) is 0 Å². The van der Waals surface area contributed by atoms with Gasteiger partial charge in [0.2, 0.25) is 0 Å². The molecular weight excluding hydrogens is 168 g/mol. The van der Waals surface area contributed by atoms with Gasteiger partial charge in [0.15, 0.2) is 0 Å². The Balaban J connectivity index is 2.06. The molecule has 1 saturated heterocycles. The fourth-order valence-electron chi connectivity index (χ4n) is 1.52. The van der Waals surface area contributed by atoms with Crippen molar-refractivity contribution in [3.8, 4) is 0 Å². The molecule has 13 heavy (non-hydrogen) atoms. The summed E-state index contributed by atoms with van der Waals surface area (Å²) in [6.45, 7) is 1.40. The lowest BCUT2D eigenvalue weighted by molar-refractivity contribution is 0.0785. The van der Waals surface area contributed by atoms with Gasteiger partial charge >= 0.3 is 0 Å². The molecule has 0 aromatic carbocycles. The molecule has 1 amide bonds. The molecule has 0 radical (unpaired) electrons. The third kappa shape index (κ3) is 1.55. The summed E-state index contributed by atoms with van der Waals surface area (Å²) in [5.41, 5.74) is 6.23. The number of likely N-dealkylation sites (tertiary alicyclic amines) is 1. The maximum Gasteiger partial charge on any atom is 0.271 e. The first-order valence-electron chi connectivity index (χ1n) is 4.31. The third-order valence-electron chi connectivity index (χ3n) is 2.24. The van der Waals surface area contributed by atoms with Gasteiger partial charge in [-0.15, -0.1) is 0 Å². The Morgan fingerprint density at radius 3 is 3.15 bits per heavy atom. The maximum atomic E-state index is 11.7. The number of H-pyrrole nitrogens is 1. The largest absolute Gasteiger partial charge is 0.336 e. The van der Waals surface area contributed by atoms with Crippen LogP contribution in [0.25, 0.3) is 0 Å². The first-order valence-corrected chi connectivity index (χ1v) is 4.31. The normalized spacial score (nSPS) is 22.2. The number of aromatic nitrogens is 2. The van der Waals surface area contributed by atoms with Crippen molar-refractivity contribution in [2.45, 2.75) is 12.5 Å². The van der Waals surface area contributed by atoms with Crippen molar-refractivity contribution >= 4 is 5.91 Å². The van der Waals surface area contributed by atoms with Gasteiger partial charge in [-0.05, 0) is 12.5 Å². The van der Waals surface area contributed by atoms with Crippen molar-refractivity contribution in [3.63, 3.8) is 0 Å². The SMILES string of the molecule is N[C@@H]1CCN(C(=O)c2ccn[nH]2)C1. The van der Waals surface area contributed by atoms with Gasteiger partial charge in [0.25, 0.3) is 5.91 Å². The second-order valence-corrected chi connectivity index (χ2v) is 3.27. The van der Waals surface area contributed by atoms with E-state index in [0.717, 1.165) is 13.0 Å². The highest BCUT2D eigenvalue weighted by Crippen LogP contribution is 2.10. The fraction of sp³-hybridized carbons (Fsp3) is 0.500. The molecule has 70 valence electrons. The molecule has 5 nitrogen and oxygen atoms in total. The van der Waals surface area contributed by atoms with E-state index in [1.165, 1.54) is 0 Å². The molecule has 0 aliphatic carbocycles. The number of carbonyl (C=O) groups is 1. The number of amides is 1. The van der Waals surface area contributed by atoms with Crippen LogP contribution in [0, 0.1) is 0 Å². The van der Waals surface area contributed by atoms with Gasteiger partial charge in [-0.2, -0.15) is 5.10 Å². The number of nitrogens with two attached hydrogens (primary N) is 1. The molecule has 2 heterocycles. The Hall–Kier alpha value is -1.36. The zero-order valence-corrected chi connectivity index (χ0v) is 7.23. The number of hydrogen-bond donors (Lipinski definition) is 2. The summed E-state index contributed by atoms with van der Waals surface area (Å²) in [6, 6.07) is 1.80. The van der Waals surface area contributed by atoms with Gasteiger partial charge in [-0.3, -0.25) is 9.89 Å². The van der Waals surface area contributed by atoms with E-state index in [9.17, 15) is 4.79 Å². The number of nitrogens with zero attached hydrogens (tertiary/aromatic N) is 2. The van der Waals surface area contributed by atoms with E-state index < -0.39 is 0 Å². The van der Waals surface area contributed by atoms with Gasteiger partial charge in [-0.25, -0.2) is 0 Å². The quantitative estimate of drug-likeness (QED) is 0.616. The molecule has 1 aromatic heterocycles. The highest BCUT2D eigenvalue weighted by Gasteiger charge is 2.24. The summed E-state index contributed by atoms with van der Waals surface area (Å²) in [6.07, 6.45) is 2.46. The Bertz CT molecular complexity index is 295. The van der Waals surface area contributed by atoms with E-state index in [1.807, 2.05) is 0 Å². The molecule has 1 aliphatic heterocycles. The predicted molar refractivity (Wildman–Crippen MR) is 47.1 cm³/mol. The zero-order valence-electron chi connectivity index (χ0n) is 7.23.